The molecule has 1 N–H and O–H groups in total. The minimum atomic E-state index is -0.367. The Morgan fingerprint density at radius 1 is 1.41 bits per heavy atom. The Hall–Kier alpha value is -1.04. The second-order valence-corrected chi connectivity index (χ2v) is 4.92. The van der Waals surface area contributed by atoms with Crippen molar-refractivity contribution in [2.45, 2.75) is 6.42 Å². The molecule has 0 aliphatic heterocycles. The van der Waals surface area contributed by atoms with E-state index in [9.17, 15) is 4.39 Å². The third kappa shape index (κ3) is 2.80. The highest BCUT2D eigenvalue weighted by atomic mass is 35.5. The monoisotopic (exact) mass is 271 g/mol. The minimum absolute atomic E-state index is 0.336. The van der Waals surface area contributed by atoms with Gasteiger partial charge in [0.15, 0.2) is 5.01 Å². The van der Waals surface area contributed by atoms with E-state index in [1.807, 2.05) is 7.05 Å². The van der Waals surface area contributed by atoms with Gasteiger partial charge in [-0.15, -0.1) is 10.2 Å². The lowest BCUT2D eigenvalue weighted by molar-refractivity contribution is 0.631. The Labute approximate surface area is 108 Å². The van der Waals surface area contributed by atoms with Crippen LogP contribution in [0, 0.1) is 5.82 Å². The molecule has 0 fully saturated rings. The summed E-state index contributed by atoms with van der Waals surface area (Å²) in [4.78, 5) is 0. The molecular formula is C11H11ClFN3S. The molecule has 0 radical (unpaired) electrons. The first-order chi connectivity index (χ1) is 8.22. The van der Waals surface area contributed by atoms with Crippen LogP contribution >= 0.6 is 22.9 Å². The lowest BCUT2D eigenvalue weighted by atomic mass is 10.2. The molecule has 0 amide bonds. The van der Waals surface area contributed by atoms with E-state index in [1.54, 1.807) is 12.1 Å². The molecule has 0 bridgehead atoms. The van der Waals surface area contributed by atoms with Gasteiger partial charge in [0, 0.05) is 13.0 Å². The summed E-state index contributed by atoms with van der Waals surface area (Å²) in [5, 5.41) is 12.8. The molecular weight excluding hydrogens is 261 g/mol. The fourth-order valence-electron chi connectivity index (χ4n) is 1.39. The van der Waals surface area contributed by atoms with Gasteiger partial charge >= 0.3 is 0 Å². The Morgan fingerprint density at radius 3 is 2.94 bits per heavy atom. The Bertz CT molecular complexity index is 495. The third-order valence-corrected chi connectivity index (χ3v) is 3.55. The van der Waals surface area contributed by atoms with Crippen LogP contribution in [0.25, 0.3) is 10.6 Å². The lowest BCUT2D eigenvalue weighted by Gasteiger charge is -2.00. The summed E-state index contributed by atoms with van der Waals surface area (Å²) < 4.78 is 13.6. The zero-order chi connectivity index (χ0) is 12.3. The van der Waals surface area contributed by atoms with Crippen LogP contribution in [0.4, 0.5) is 4.39 Å². The summed E-state index contributed by atoms with van der Waals surface area (Å²) in [6.07, 6.45) is 0.778. The van der Waals surface area contributed by atoms with Gasteiger partial charge < -0.3 is 5.32 Å². The predicted octanol–water partition coefficient (Wildman–Crippen LogP) is 2.76. The van der Waals surface area contributed by atoms with Gasteiger partial charge in [-0.25, -0.2) is 4.39 Å². The van der Waals surface area contributed by atoms with E-state index in [-0.39, 0.29) is 5.82 Å². The first-order valence-electron chi connectivity index (χ1n) is 5.13. The second kappa shape index (κ2) is 5.53. The molecule has 0 unspecified atom stereocenters. The van der Waals surface area contributed by atoms with E-state index in [0.717, 1.165) is 18.0 Å². The van der Waals surface area contributed by atoms with Gasteiger partial charge in [-0.05, 0) is 19.2 Å². The van der Waals surface area contributed by atoms with Crippen molar-refractivity contribution in [2.75, 3.05) is 13.6 Å². The number of nitrogens with one attached hydrogen (secondary N) is 1. The molecule has 2 aromatic rings. The SMILES string of the molecule is CNCCc1nnc(-c2c(F)cccc2Cl)s1. The standard InChI is InChI=1S/C11H11ClFN3S/c1-14-6-5-9-15-16-11(17-9)10-7(12)3-2-4-8(10)13/h2-4,14H,5-6H2,1H3. The number of nitrogens with zero attached hydrogens (tertiary/aromatic N) is 2. The summed E-state index contributed by atoms with van der Waals surface area (Å²) in [6, 6.07) is 4.59. The third-order valence-electron chi connectivity index (χ3n) is 2.23. The van der Waals surface area contributed by atoms with E-state index in [0.29, 0.717) is 15.6 Å². The van der Waals surface area contributed by atoms with Crippen LogP contribution in [-0.4, -0.2) is 23.8 Å². The van der Waals surface area contributed by atoms with Gasteiger partial charge in [-0.2, -0.15) is 0 Å². The summed E-state index contributed by atoms with van der Waals surface area (Å²) >= 11 is 7.33. The number of hydrogen-bond donors (Lipinski definition) is 1. The summed E-state index contributed by atoms with van der Waals surface area (Å²) in [7, 11) is 1.87. The summed E-state index contributed by atoms with van der Waals surface area (Å²) in [5.41, 5.74) is 0.336. The molecule has 0 spiro atoms. The van der Waals surface area contributed by atoms with Gasteiger partial charge in [0.05, 0.1) is 10.6 Å². The quantitative estimate of drug-likeness (QED) is 0.929. The number of likely N-dealkylation sites (N-methyl/N-ethyl adjacent to an activating group) is 1. The average molecular weight is 272 g/mol. The molecule has 0 atom stereocenters. The van der Waals surface area contributed by atoms with Gasteiger partial charge in [-0.3, -0.25) is 0 Å². The Kier molecular flexibility index (Phi) is 4.04. The number of aromatic nitrogens is 2. The maximum absolute atomic E-state index is 13.6. The van der Waals surface area contributed by atoms with Crippen molar-refractivity contribution in [3.63, 3.8) is 0 Å². The molecule has 90 valence electrons. The van der Waals surface area contributed by atoms with Crippen LogP contribution in [-0.2, 0) is 6.42 Å². The molecule has 0 saturated heterocycles. The van der Waals surface area contributed by atoms with Gasteiger partial charge in [0.25, 0.3) is 0 Å². The van der Waals surface area contributed by atoms with Crippen LogP contribution < -0.4 is 5.32 Å². The predicted molar refractivity (Wildman–Crippen MR) is 67.9 cm³/mol. The van der Waals surface area contributed by atoms with Crippen LogP contribution in [0.3, 0.4) is 0 Å². The summed E-state index contributed by atoms with van der Waals surface area (Å²) in [5.74, 6) is -0.367. The Balaban J connectivity index is 2.30. The van der Waals surface area contributed by atoms with E-state index >= 15 is 0 Å². The zero-order valence-electron chi connectivity index (χ0n) is 9.20. The van der Waals surface area contributed by atoms with Crippen molar-refractivity contribution >= 4 is 22.9 Å². The molecule has 1 aromatic heterocycles. The highest BCUT2D eigenvalue weighted by Crippen LogP contribution is 2.32. The minimum Gasteiger partial charge on any atom is -0.319 e. The van der Waals surface area contributed by atoms with E-state index in [2.05, 4.69) is 15.5 Å². The fourth-order valence-corrected chi connectivity index (χ4v) is 2.60. The van der Waals surface area contributed by atoms with E-state index in [4.69, 9.17) is 11.6 Å². The first kappa shape index (κ1) is 12.4. The van der Waals surface area contributed by atoms with Crippen molar-refractivity contribution in [1.29, 1.82) is 0 Å². The van der Waals surface area contributed by atoms with Crippen LogP contribution in [0.5, 0.6) is 0 Å². The topological polar surface area (TPSA) is 37.8 Å². The number of hydrogen-bond acceptors (Lipinski definition) is 4. The molecule has 0 aliphatic rings. The maximum atomic E-state index is 13.6. The van der Waals surface area contributed by atoms with Crippen molar-refractivity contribution < 1.29 is 4.39 Å². The van der Waals surface area contributed by atoms with E-state index < -0.39 is 0 Å². The first-order valence-corrected chi connectivity index (χ1v) is 6.33. The zero-order valence-corrected chi connectivity index (χ0v) is 10.8. The maximum Gasteiger partial charge on any atom is 0.152 e. The van der Waals surface area contributed by atoms with Crippen LogP contribution in [0.2, 0.25) is 5.02 Å². The molecule has 17 heavy (non-hydrogen) atoms. The van der Waals surface area contributed by atoms with Crippen molar-refractivity contribution in [3.05, 3.63) is 34.0 Å². The van der Waals surface area contributed by atoms with Crippen LogP contribution in [0.1, 0.15) is 5.01 Å². The Morgan fingerprint density at radius 2 is 2.24 bits per heavy atom. The molecule has 1 heterocycles. The van der Waals surface area contributed by atoms with Crippen molar-refractivity contribution in [3.8, 4) is 10.6 Å². The highest BCUT2D eigenvalue weighted by molar-refractivity contribution is 7.14. The van der Waals surface area contributed by atoms with Gasteiger partial charge in [-0.1, -0.05) is 29.0 Å². The fraction of sp³-hybridized carbons (Fsp3) is 0.273. The number of rotatable bonds is 4. The second-order valence-electron chi connectivity index (χ2n) is 3.45. The smallest absolute Gasteiger partial charge is 0.152 e. The molecule has 0 aliphatic carbocycles. The van der Waals surface area contributed by atoms with E-state index in [1.165, 1.54) is 17.4 Å². The number of halogens is 2. The molecule has 0 saturated carbocycles. The lowest BCUT2D eigenvalue weighted by Crippen LogP contribution is -2.09. The largest absolute Gasteiger partial charge is 0.319 e. The molecule has 6 heteroatoms. The summed E-state index contributed by atoms with van der Waals surface area (Å²) in [6.45, 7) is 0.819. The van der Waals surface area contributed by atoms with Gasteiger partial charge in [0.2, 0.25) is 0 Å². The highest BCUT2D eigenvalue weighted by Gasteiger charge is 2.14. The molecule has 1 aromatic carbocycles. The van der Waals surface area contributed by atoms with Crippen LogP contribution in [0.15, 0.2) is 18.2 Å². The normalized spacial score (nSPS) is 10.8. The molecule has 3 nitrogen and oxygen atoms in total. The average Bonchev–Trinajstić information content (AvgIpc) is 2.75. The molecule has 2 rings (SSSR count). The van der Waals surface area contributed by atoms with Crippen molar-refractivity contribution in [2.24, 2.45) is 0 Å². The van der Waals surface area contributed by atoms with Gasteiger partial charge in [0.1, 0.15) is 10.8 Å². The number of benzene rings is 1. The van der Waals surface area contributed by atoms with Crippen molar-refractivity contribution in [1.82, 2.24) is 15.5 Å².